The SMILES string of the molecule is CCN(CC1CCCO1)C(=O)c1ccc([N+](=O)[O-])c(F)c1. The molecule has 1 heterocycles. The smallest absolute Gasteiger partial charge is 0.304 e. The number of benzene rings is 1. The number of nitro benzene ring substituents is 1. The molecular weight excluding hydrogens is 279 g/mol. The van der Waals surface area contributed by atoms with Gasteiger partial charge >= 0.3 is 5.69 Å². The zero-order valence-electron chi connectivity index (χ0n) is 11.8. The van der Waals surface area contributed by atoms with Crippen LogP contribution in [0.15, 0.2) is 18.2 Å². The number of amides is 1. The van der Waals surface area contributed by atoms with Crippen LogP contribution in [0.5, 0.6) is 0 Å². The second-order valence-electron chi connectivity index (χ2n) is 4.90. The van der Waals surface area contributed by atoms with Crippen molar-refractivity contribution in [1.82, 2.24) is 4.90 Å². The van der Waals surface area contributed by atoms with Crippen LogP contribution in [0, 0.1) is 15.9 Å². The summed E-state index contributed by atoms with van der Waals surface area (Å²) in [4.78, 5) is 23.7. The van der Waals surface area contributed by atoms with E-state index in [4.69, 9.17) is 4.74 Å². The predicted octanol–water partition coefficient (Wildman–Crippen LogP) is 2.38. The molecule has 1 saturated heterocycles. The largest absolute Gasteiger partial charge is 0.376 e. The van der Waals surface area contributed by atoms with E-state index in [0.717, 1.165) is 25.0 Å². The third-order valence-electron chi connectivity index (χ3n) is 3.51. The number of carbonyl (C=O) groups excluding carboxylic acids is 1. The summed E-state index contributed by atoms with van der Waals surface area (Å²) in [5, 5.41) is 10.6. The number of carbonyl (C=O) groups is 1. The van der Waals surface area contributed by atoms with Gasteiger partial charge in [-0.15, -0.1) is 0 Å². The molecule has 1 aromatic carbocycles. The van der Waals surface area contributed by atoms with E-state index < -0.39 is 16.4 Å². The van der Waals surface area contributed by atoms with Gasteiger partial charge in [-0.05, 0) is 31.9 Å². The number of nitrogens with zero attached hydrogens (tertiary/aromatic N) is 2. The van der Waals surface area contributed by atoms with Crippen LogP contribution in [0.3, 0.4) is 0 Å². The maximum atomic E-state index is 13.6. The summed E-state index contributed by atoms with van der Waals surface area (Å²) in [6.07, 6.45) is 1.89. The Balaban J connectivity index is 2.13. The second kappa shape index (κ2) is 6.62. The van der Waals surface area contributed by atoms with Crippen LogP contribution in [0.1, 0.15) is 30.1 Å². The fourth-order valence-electron chi connectivity index (χ4n) is 2.36. The van der Waals surface area contributed by atoms with E-state index in [1.807, 2.05) is 6.92 Å². The summed E-state index contributed by atoms with van der Waals surface area (Å²) in [5.41, 5.74) is -0.522. The minimum Gasteiger partial charge on any atom is -0.376 e. The number of nitro groups is 1. The molecule has 0 spiro atoms. The molecule has 2 rings (SSSR count). The van der Waals surface area contributed by atoms with Crippen molar-refractivity contribution >= 4 is 11.6 Å². The maximum absolute atomic E-state index is 13.6. The molecule has 1 aliphatic rings. The highest BCUT2D eigenvalue weighted by atomic mass is 19.1. The summed E-state index contributed by atoms with van der Waals surface area (Å²) in [5.74, 6) is -1.35. The van der Waals surface area contributed by atoms with E-state index in [1.54, 1.807) is 4.90 Å². The molecule has 6 nitrogen and oxygen atoms in total. The van der Waals surface area contributed by atoms with Crippen LogP contribution in [0.25, 0.3) is 0 Å². The molecule has 0 aliphatic carbocycles. The molecule has 0 aromatic heterocycles. The van der Waals surface area contributed by atoms with Crippen LogP contribution in [0.2, 0.25) is 0 Å². The third kappa shape index (κ3) is 3.55. The van der Waals surface area contributed by atoms with E-state index in [0.29, 0.717) is 19.7 Å². The highest BCUT2D eigenvalue weighted by molar-refractivity contribution is 5.94. The zero-order chi connectivity index (χ0) is 15.4. The molecule has 114 valence electrons. The number of halogens is 1. The number of ether oxygens (including phenoxy) is 1. The Morgan fingerprint density at radius 1 is 1.57 bits per heavy atom. The molecule has 7 heteroatoms. The number of hydrogen-bond donors (Lipinski definition) is 0. The van der Waals surface area contributed by atoms with E-state index in [2.05, 4.69) is 0 Å². The monoisotopic (exact) mass is 296 g/mol. The number of hydrogen-bond acceptors (Lipinski definition) is 4. The Morgan fingerprint density at radius 3 is 2.86 bits per heavy atom. The molecular formula is C14H17FN2O4. The van der Waals surface area contributed by atoms with Crippen molar-refractivity contribution in [3.8, 4) is 0 Å². The van der Waals surface area contributed by atoms with E-state index in [1.165, 1.54) is 6.07 Å². The van der Waals surface area contributed by atoms with E-state index in [-0.39, 0.29) is 17.6 Å². The first-order valence-corrected chi connectivity index (χ1v) is 6.87. The fraction of sp³-hybridized carbons (Fsp3) is 0.500. The Hall–Kier alpha value is -2.02. The van der Waals surface area contributed by atoms with Gasteiger partial charge in [-0.3, -0.25) is 14.9 Å². The maximum Gasteiger partial charge on any atom is 0.304 e. The van der Waals surface area contributed by atoms with Crippen molar-refractivity contribution in [3.05, 3.63) is 39.7 Å². The van der Waals surface area contributed by atoms with Crippen molar-refractivity contribution in [2.75, 3.05) is 19.7 Å². The van der Waals surface area contributed by atoms with Gasteiger partial charge in [0.15, 0.2) is 0 Å². The van der Waals surface area contributed by atoms with Gasteiger partial charge in [0.2, 0.25) is 5.82 Å². The van der Waals surface area contributed by atoms with Crippen LogP contribution in [-0.4, -0.2) is 41.5 Å². The molecule has 21 heavy (non-hydrogen) atoms. The summed E-state index contributed by atoms with van der Waals surface area (Å²) in [7, 11) is 0. The molecule has 0 saturated carbocycles. The van der Waals surface area contributed by atoms with Gasteiger partial charge in [0.25, 0.3) is 5.91 Å². The Morgan fingerprint density at radius 2 is 2.33 bits per heavy atom. The standard InChI is InChI=1S/C14H17FN2O4/c1-2-16(9-11-4-3-7-21-11)14(18)10-5-6-13(17(19)20)12(15)8-10/h5-6,8,11H,2-4,7,9H2,1H3. The predicted molar refractivity (Wildman–Crippen MR) is 73.6 cm³/mol. The molecule has 1 atom stereocenters. The third-order valence-corrected chi connectivity index (χ3v) is 3.51. The lowest BCUT2D eigenvalue weighted by Gasteiger charge is -2.24. The van der Waals surface area contributed by atoms with Gasteiger partial charge in [0.1, 0.15) is 0 Å². The summed E-state index contributed by atoms with van der Waals surface area (Å²) < 4.78 is 19.1. The van der Waals surface area contributed by atoms with Gasteiger partial charge in [-0.1, -0.05) is 0 Å². The lowest BCUT2D eigenvalue weighted by Crippen LogP contribution is -2.37. The van der Waals surface area contributed by atoms with Crippen molar-refractivity contribution in [2.24, 2.45) is 0 Å². The first-order chi connectivity index (χ1) is 10.0. The van der Waals surface area contributed by atoms with Gasteiger partial charge < -0.3 is 9.64 Å². The quantitative estimate of drug-likeness (QED) is 0.617. The van der Waals surface area contributed by atoms with Crippen LogP contribution >= 0.6 is 0 Å². The average Bonchev–Trinajstić information content (AvgIpc) is 2.96. The molecule has 1 aliphatic heterocycles. The lowest BCUT2D eigenvalue weighted by molar-refractivity contribution is -0.387. The summed E-state index contributed by atoms with van der Waals surface area (Å²) in [6, 6.07) is 3.21. The van der Waals surface area contributed by atoms with Crippen LogP contribution in [-0.2, 0) is 4.74 Å². The summed E-state index contributed by atoms with van der Waals surface area (Å²) in [6.45, 7) is 3.45. The molecule has 1 unspecified atom stereocenters. The molecule has 1 fully saturated rings. The minimum absolute atomic E-state index is 0.0109. The van der Waals surface area contributed by atoms with Crippen molar-refractivity contribution in [3.63, 3.8) is 0 Å². The van der Waals surface area contributed by atoms with Gasteiger partial charge in [-0.25, -0.2) is 0 Å². The Labute approximate surface area is 121 Å². The first kappa shape index (κ1) is 15.4. The van der Waals surface area contributed by atoms with Crippen molar-refractivity contribution < 1.29 is 18.8 Å². The minimum atomic E-state index is -1.00. The topological polar surface area (TPSA) is 72.7 Å². The number of rotatable bonds is 5. The van der Waals surface area contributed by atoms with E-state index in [9.17, 15) is 19.3 Å². The average molecular weight is 296 g/mol. The fourth-order valence-corrected chi connectivity index (χ4v) is 2.36. The van der Waals surface area contributed by atoms with Crippen molar-refractivity contribution in [2.45, 2.75) is 25.9 Å². The van der Waals surface area contributed by atoms with Gasteiger partial charge in [0, 0.05) is 31.3 Å². The normalized spacial score (nSPS) is 17.7. The molecule has 0 N–H and O–H groups in total. The van der Waals surface area contributed by atoms with Crippen molar-refractivity contribution in [1.29, 1.82) is 0 Å². The zero-order valence-corrected chi connectivity index (χ0v) is 11.8. The first-order valence-electron chi connectivity index (χ1n) is 6.87. The molecule has 0 bridgehead atoms. The second-order valence-corrected chi connectivity index (χ2v) is 4.90. The van der Waals surface area contributed by atoms with Gasteiger partial charge in [-0.2, -0.15) is 4.39 Å². The Kier molecular flexibility index (Phi) is 4.85. The highest BCUT2D eigenvalue weighted by Gasteiger charge is 2.24. The van der Waals surface area contributed by atoms with E-state index >= 15 is 0 Å². The van der Waals surface area contributed by atoms with Crippen LogP contribution in [0.4, 0.5) is 10.1 Å². The Bertz CT molecular complexity index is 544. The lowest BCUT2D eigenvalue weighted by atomic mass is 10.1. The number of likely N-dealkylation sites (N-methyl/N-ethyl adjacent to an activating group) is 1. The highest BCUT2D eigenvalue weighted by Crippen LogP contribution is 2.20. The van der Waals surface area contributed by atoms with Crippen LogP contribution < -0.4 is 0 Å². The van der Waals surface area contributed by atoms with Gasteiger partial charge in [0.05, 0.1) is 11.0 Å². The molecule has 1 amide bonds. The summed E-state index contributed by atoms with van der Waals surface area (Å²) >= 11 is 0. The molecule has 1 aromatic rings. The molecule has 0 radical (unpaired) electrons.